The summed E-state index contributed by atoms with van der Waals surface area (Å²) in [5.41, 5.74) is 0.413. The topological polar surface area (TPSA) is 29.5 Å². The van der Waals surface area contributed by atoms with Crippen LogP contribution in [0.3, 0.4) is 0 Å². The molecule has 0 spiro atoms. The van der Waals surface area contributed by atoms with E-state index in [2.05, 4.69) is 27.7 Å². The Bertz CT molecular complexity index is 270. The lowest BCUT2D eigenvalue weighted by Crippen LogP contribution is -2.23. The first kappa shape index (κ1) is 23.0. The molecule has 0 saturated heterocycles. The minimum absolute atomic E-state index is 0.413. The predicted molar refractivity (Wildman–Crippen MR) is 103 cm³/mol. The van der Waals surface area contributed by atoms with Crippen LogP contribution in [0, 0.1) is 0 Å². The van der Waals surface area contributed by atoms with Gasteiger partial charge in [-0.25, -0.2) is 0 Å². The van der Waals surface area contributed by atoms with Gasteiger partial charge in [-0.3, -0.25) is 4.84 Å². The molecule has 3 nitrogen and oxygen atoms in total. The van der Waals surface area contributed by atoms with Crippen molar-refractivity contribution >= 4 is 7.80 Å². The first-order valence-electron chi connectivity index (χ1n) is 9.97. The van der Waals surface area contributed by atoms with Crippen LogP contribution in [-0.4, -0.2) is 36.6 Å². The van der Waals surface area contributed by atoms with Gasteiger partial charge in [0.15, 0.2) is 5.66 Å². The summed E-state index contributed by atoms with van der Waals surface area (Å²) in [4.78, 5) is 5.67. The Hall–Kier alpha value is 0.0200. The summed E-state index contributed by atoms with van der Waals surface area (Å²) >= 11 is 0. The number of rotatable bonds is 17. The summed E-state index contributed by atoms with van der Waals surface area (Å²) < 4.78 is 11.8. The average molecular weight is 347 g/mol. The Morgan fingerprint density at radius 2 is 1.30 bits per heavy atom. The molecular formula is C19H41NO2P+. The van der Waals surface area contributed by atoms with Gasteiger partial charge in [0.05, 0.1) is 6.61 Å². The maximum Gasteiger partial charge on any atom is 0.341 e. The molecule has 23 heavy (non-hydrogen) atoms. The van der Waals surface area contributed by atoms with Crippen molar-refractivity contribution in [1.29, 1.82) is 0 Å². The molecule has 0 N–H and O–H groups in total. The summed E-state index contributed by atoms with van der Waals surface area (Å²) in [5.74, 6) is 0. The van der Waals surface area contributed by atoms with E-state index in [1.165, 1.54) is 51.4 Å². The third kappa shape index (κ3) is 14.1. The van der Waals surface area contributed by atoms with Gasteiger partial charge in [0.2, 0.25) is 0 Å². The molecule has 0 aliphatic heterocycles. The number of hydroxylamine groups is 2. The molecule has 0 amide bonds. The Morgan fingerprint density at radius 1 is 0.826 bits per heavy atom. The van der Waals surface area contributed by atoms with Gasteiger partial charge in [-0.2, -0.15) is 5.06 Å². The minimum atomic E-state index is -0.951. The summed E-state index contributed by atoms with van der Waals surface area (Å²) in [6.45, 7) is 11.3. The van der Waals surface area contributed by atoms with Gasteiger partial charge in [-0.1, -0.05) is 63.9 Å². The van der Waals surface area contributed by atoms with Gasteiger partial charge in [0, 0.05) is 13.1 Å². The van der Waals surface area contributed by atoms with E-state index in [4.69, 9.17) is 4.84 Å². The van der Waals surface area contributed by atoms with Crippen LogP contribution >= 0.6 is 7.80 Å². The van der Waals surface area contributed by atoms with E-state index >= 15 is 0 Å². The highest BCUT2D eigenvalue weighted by Crippen LogP contribution is 2.31. The lowest BCUT2D eigenvalue weighted by molar-refractivity contribution is -0.153. The van der Waals surface area contributed by atoms with E-state index in [0.717, 1.165) is 38.7 Å². The van der Waals surface area contributed by atoms with E-state index in [9.17, 15) is 4.57 Å². The van der Waals surface area contributed by atoms with Crippen molar-refractivity contribution in [1.82, 2.24) is 5.06 Å². The monoisotopic (exact) mass is 346 g/mol. The fourth-order valence-electron chi connectivity index (χ4n) is 2.63. The normalized spacial score (nSPS) is 13.5. The zero-order valence-corrected chi connectivity index (χ0v) is 17.1. The van der Waals surface area contributed by atoms with Crippen LogP contribution in [0.1, 0.15) is 91.9 Å². The van der Waals surface area contributed by atoms with Crippen molar-refractivity contribution in [2.45, 2.75) is 97.6 Å². The van der Waals surface area contributed by atoms with Gasteiger partial charge in [0.25, 0.3) is 0 Å². The molecule has 0 aliphatic carbocycles. The summed E-state index contributed by atoms with van der Waals surface area (Å²) in [6, 6.07) is 0. The largest absolute Gasteiger partial charge is 0.341 e. The molecule has 0 bridgehead atoms. The molecule has 0 aromatic heterocycles. The molecule has 0 saturated carbocycles. The Balaban J connectivity index is 3.21. The smallest absolute Gasteiger partial charge is 0.299 e. The van der Waals surface area contributed by atoms with Gasteiger partial charge in [0.1, 0.15) is 6.16 Å². The van der Waals surface area contributed by atoms with Gasteiger partial charge < -0.3 is 0 Å². The van der Waals surface area contributed by atoms with Crippen molar-refractivity contribution in [2.75, 3.05) is 25.9 Å². The van der Waals surface area contributed by atoms with E-state index in [1.807, 2.05) is 5.06 Å². The molecule has 0 aromatic carbocycles. The fourth-order valence-corrected chi connectivity index (χ4v) is 4.01. The molecule has 138 valence electrons. The first-order valence-corrected chi connectivity index (χ1v) is 11.5. The summed E-state index contributed by atoms with van der Waals surface area (Å²) in [6.07, 6.45) is 13.6. The average Bonchev–Trinajstić information content (AvgIpc) is 2.58. The van der Waals surface area contributed by atoms with E-state index in [0.29, 0.717) is 5.66 Å². The molecule has 0 aromatic rings. The Kier molecular flexibility index (Phi) is 16.9. The van der Waals surface area contributed by atoms with Crippen molar-refractivity contribution in [3.8, 4) is 0 Å². The highest BCUT2D eigenvalue weighted by Gasteiger charge is 2.21. The molecular weight excluding hydrogens is 305 g/mol. The number of hydrogen-bond acceptors (Lipinski definition) is 3. The fraction of sp³-hybridized carbons (Fsp3) is 1.00. The Labute approximate surface area is 146 Å². The number of nitrogens with zero attached hydrogens (tertiary/aromatic N) is 1. The summed E-state index contributed by atoms with van der Waals surface area (Å²) in [5, 5.41) is 2.02. The minimum Gasteiger partial charge on any atom is -0.299 e. The quantitative estimate of drug-likeness (QED) is 0.173. The zero-order chi connectivity index (χ0) is 17.3. The molecule has 0 aliphatic rings. The lowest BCUT2D eigenvalue weighted by Gasteiger charge is -2.17. The number of hydrogen-bond donors (Lipinski definition) is 0. The van der Waals surface area contributed by atoms with Gasteiger partial charge >= 0.3 is 7.80 Å². The van der Waals surface area contributed by atoms with E-state index < -0.39 is 7.80 Å². The molecule has 4 heteroatoms. The third-order valence-electron chi connectivity index (χ3n) is 4.58. The van der Waals surface area contributed by atoms with Crippen LogP contribution in [0.4, 0.5) is 0 Å². The summed E-state index contributed by atoms with van der Waals surface area (Å²) in [7, 11) is -0.951. The molecule has 0 rings (SSSR count). The predicted octanol–water partition coefficient (Wildman–Crippen LogP) is 6.40. The maximum atomic E-state index is 11.8. The van der Waals surface area contributed by atoms with Crippen molar-refractivity contribution in [3.63, 3.8) is 0 Å². The molecule has 0 heterocycles. The van der Waals surface area contributed by atoms with E-state index in [1.54, 1.807) is 0 Å². The van der Waals surface area contributed by atoms with Crippen molar-refractivity contribution in [3.05, 3.63) is 0 Å². The second kappa shape index (κ2) is 16.9. The van der Waals surface area contributed by atoms with Gasteiger partial charge in [-0.05, 0) is 32.6 Å². The second-order valence-electron chi connectivity index (χ2n) is 6.53. The van der Waals surface area contributed by atoms with Crippen LogP contribution in [0.2, 0.25) is 0 Å². The Morgan fingerprint density at radius 3 is 1.78 bits per heavy atom. The molecule has 0 fully saturated rings. The molecule has 0 radical (unpaired) electrons. The lowest BCUT2D eigenvalue weighted by atomic mass is 10.1. The van der Waals surface area contributed by atoms with E-state index in [-0.39, 0.29) is 0 Å². The van der Waals surface area contributed by atoms with Crippen molar-refractivity contribution < 1.29 is 9.40 Å². The van der Waals surface area contributed by atoms with Crippen LogP contribution in [-0.2, 0) is 9.40 Å². The first-order chi connectivity index (χ1) is 11.2. The maximum absolute atomic E-state index is 11.8. The SMILES string of the molecule is CCC(C)[P+](=O)CCCCCCCCCCCON(CC)CC. The van der Waals surface area contributed by atoms with Gasteiger partial charge in [-0.15, -0.1) is 0 Å². The van der Waals surface area contributed by atoms with Crippen LogP contribution in [0.15, 0.2) is 0 Å². The third-order valence-corrected chi connectivity index (χ3v) is 6.69. The van der Waals surface area contributed by atoms with Crippen LogP contribution in [0.5, 0.6) is 0 Å². The molecule has 2 unspecified atom stereocenters. The highest BCUT2D eigenvalue weighted by atomic mass is 31.1. The zero-order valence-electron chi connectivity index (χ0n) is 16.2. The molecule has 2 atom stereocenters. The van der Waals surface area contributed by atoms with Crippen LogP contribution in [0.25, 0.3) is 0 Å². The highest BCUT2D eigenvalue weighted by molar-refractivity contribution is 7.45. The van der Waals surface area contributed by atoms with Crippen LogP contribution < -0.4 is 0 Å². The van der Waals surface area contributed by atoms with Crippen molar-refractivity contribution in [2.24, 2.45) is 0 Å². The number of unbranched alkanes of at least 4 members (excludes halogenated alkanes) is 8. The second-order valence-corrected chi connectivity index (χ2v) is 8.69. The standard InChI is InChI=1S/C19H41NO2P/c1-5-19(4)23(21)18-16-14-12-10-8-9-11-13-15-17-22-20(6-2)7-3/h19H,5-18H2,1-4H3/q+1.